The van der Waals surface area contributed by atoms with Gasteiger partial charge in [0.25, 0.3) is 5.91 Å². The molecule has 0 aliphatic heterocycles. The molecule has 0 aliphatic rings. The van der Waals surface area contributed by atoms with Crippen molar-refractivity contribution in [2.24, 2.45) is 0 Å². The number of aryl methyl sites for hydroxylation is 3. The molecule has 0 aliphatic carbocycles. The summed E-state index contributed by atoms with van der Waals surface area (Å²) in [4.78, 5) is 22.1. The monoisotopic (exact) mass is 403 g/mol. The van der Waals surface area contributed by atoms with E-state index in [1.807, 2.05) is 57.1 Å². The predicted octanol–water partition coefficient (Wildman–Crippen LogP) is 4.85. The highest BCUT2D eigenvalue weighted by atomic mass is 35.5. The maximum atomic E-state index is 13.4. The number of carbonyl (C=O) groups is 1. The van der Waals surface area contributed by atoms with E-state index in [9.17, 15) is 4.79 Å². The van der Waals surface area contributed by atoms with Gasteiger partial charge in [0.2, 0.25) is 0 Å². The number of likely N-dealkylation sites (N-methyl/N-ethyl adjacent to an activating group) is 1. The molecule has 3 aromatic rings. The lowest BCUT2D eigenvalue weighted by molar-refractivity contribution is 0.0984. The molecular formula is C21H26ClN3OS. The number of halogens is 1. The normalized spacial score (nSPS) is 10.9. The number of hydrogen-bond donors (Lipinski definition) is 0. The van der Waals surface area contributed by atoms with Gasteiger partial charge in [-0.15, -0.1) is 12.4 Å². The molecule has 0 N–H and O–H groups in total. The Bertz CT molecular complexity index is 952. The van der Waals surface area contributed by atoms with Crippen molar-refractivity contribution >= 4 is 45.0 Å². The van der Waals surface area contributed by atoms with E-state index in [0.29, 0.717) is 6.54 Å². The molecule has 0 unspecified atom stereocenters. The molecule has 6 heteroatoms. The van der Waals surface area contributed by atoms with Gasteiger partial charge in [0.05, 0.1) is 10.2 Å². The molecule has 3 rings (SSSR count). The summed E-state index contributed by atoms with van der Waals surface area (Å²) in [7, 11) is 4.03. The van der Waals surface area contributed by atoms with Gasteiger partial charge in [-0.1, -0.05) is 41.2 Å². The standard InChI is InChI=1S/C21H25N3OS.ClH/c1-14-9-10-15(2)17(13-14)20(25)24(12-11-23(4)5)21-22-19-16(3)7-6-8-18(19)26-21;/h6-10,13H,11-12H2,1-5H3;1H. The molecule has 1 aromatic heterocycles. The molecule has 4 nitrogen and oxygen atoms in total. The minimum absolute atomic E-state index is 0. The van der Waals surface area contributed by atoms with Crippen LogP contribution in [0.15, 0.2) is 36.4 Å². The quantitative estimate of drug-likeness (QED) is 0.610. The summed E-state index contributed by atoms with van der Waals surface area (Å²) >= 11 is 1.58. The first-order valence-electron chi connectivity index (χ1n) is 8.77. The number of nitrogens with zero attached hydrogens (tertiary/aromatic N) is 3. The molecule has 144 valence electrons. The Labute approximate surface area is 171 Å². The van der Waals surface area contributed by atoms with Gasteiger partial charge in [-0.2, -0.15) is 0 Å². The Hall–Kier alpha value is -1.95. The number of para-hydroxylation sites is 1. The minimum Gasteiger partial charge on any atom is -0.308 e. The van der Waals surface area contributed by atoms with Gasteiger partial charge in [0, 0.05) is 18.7 Å². The highest BCUT2D eigenvalue weighted by molar-refractivity contribution is 7.22. The smallest absolute Gasteiger partial charge is 0.260 e. The summed E-state index contributed by atoms with van der Waals surface area (Å²) in [6.45, 7) is 7.45. The van der Waals surface area contributed by atoms with E-state index >= 15 is 0 Å². The van der Waals surface area contributed by atoms with Crippen LogP contribution in [0.5, 0.6) is 0 Å². The highest BCUT2D eigenvalue weighted by Crippen LogP contribution is 2.31. The predicted molar refractivity (Wildman–Crippen MR) is 118 cm³/mol. The van der Waals surface area contributed by atoms with Crippen LogP contribution in [0.4, 0.5) is 5.13 Å². The van der Waals surface area contributed by atoms with Gasteiger partial charge < -0.3 is 4.90 Å². The zero-order valence-corrected chi connectivity index (χ0v) is 18.1. The third-order valence-corrected chi connectivity index (χ3v) is 5.52. The summed E-state index contributed by atoms with van der Waals surface area (Å²) < 4.78 is 1.11. The van der Waals surface area contributed by atoms with Crippen LogP contribution < -0.4 is 4.90 Å². The fourth-order valence-corrected chi connectivity index (χ4v) is 3.95. The number of rotatable bonds is 5. The van der Waals surface area contributed by atoms with Crippen molar-refractivity contribution in [3.05, 3.63) is 58.7 Å². The number of fused-ring (bicyclic) bond motifs is 1. The van der Waals surface area contributed by atoms with Crippen LogP contribution in [0.2, 0.25) is 0 Å². The van der Waals surface area contributed by atoms with Gasteiger partial charge in [0.15, 0.2) is 5.13 Å². The van der Waals surface area contributed by atoms with Crippen molar-refractivity contribution in [3.8, 4) is 0 Å². The van der Waals surface area contributed by atoms with Crippen LogP contribution >= 0.6 is 23.7 Å². The van der Waals surface area contributed by atoms with Crippen molar-refractivity contribution in [2.45, 2.75) is 20.8 Å². The summed E-state index contributed by atoms with van der Waals surface area (Å²) in [6, 6.07) is 12.2. The number of carbonyl (C=O) groups excluding carboxylic acids is 1. The lowest BCUT2D eigenvalue weighted by atomic mass is 10.0. The topological polar surface area (TPSA) is 36.4 Å². The van der Waals surface area contributed by atoms with Gasteiger partial charge in [-0.25, -0.2) is 4.98 Å². The zero-order valence-electron chi connectivity index (χ0n) is 16.4. The van der Waals surface area contributed by atoms with Crippen molar-refractivity contribution in [1.82, 2.24) is 9.88 Å². The van der Waals surface area contributed by atoms with E-state index in [0.717, 1.165) is 44.1 Å². The average Bonchev–Trinajstić information content (AvgIpc) is 3.02. The van der Waals surface area contributed by atoms with E-state index in [-0.39, 0.29) is 18.3 Å². The Morgan fingerprint density at radius 3 is 2.44 bits per heavy atom. The van der Waals surface area contributed by atoms with E-state index in [4.69, 9.17) is 4.98 Å². The van der Waals surface area contributed by atoms with E-state index < -0.39 is 0 Å². The summed E-state index contributed by atoms with van der Waals surface area (Å²) in [5.74, 6) is 0.0183. The van der Waals surface area contributed by atoms with E-state index in [1.165, 1.54) is 0 Å². The Morgan fingerprint density at radius 2 is 1.78 bits per heavy atom. The maximum Gasteiger partial charge on any atom is 0.260 e. The van der Waals surface area contributed by atoms with Crippen LogP contribution in [0, 0.1) is 20.8 Å². The molecular weight excluding hydrogens is 378 g/mol. The Kier molecular flexibility index (Phi) is 6.98. The number of amides is 1. The van der Waals surface area contributed by atoms with Gasteiger partial charge in [-0.05, 0) is 58.1 Å². The molecule has 0 bridgehead atoms. The lowest BCUT2D eigenvalue weighted by Gasteiger charge is -2.23. The first-order chi connectivity index (χ1) is 12.4. The summed E-state index contributed by atoms with van der Waals surface area (Å²) in [5.41, 5.74) is 4.95. The fraction of sp³-hybridized carbons (Fsp3) is 0.333. The molecule has 0 saturated carbocycles. The molecule has 0 saturated heterocycles. The van der Waals surface area contributed by atoms with Crippen molar-refractivity contribution in [3.63, 3.8) is 0 Å². The number of thiazole rings is 1. The van der Waals surface area contributed by atoms with Crippen LogP contribution in [0.1, 0.15) is 27.0 Å². The molecule has 1 heterocycles. The van der Waals surface area contributed by atoms with Crippen molar-refractivity contribution in [2.75, 3.05) is 32.1 Å². The Balaban J connectivity index is 0.00000261. The van der Waals surface area contributed by atoms with Crippen LogP contribution in [-0.2, 0) is 0 Å². The SMILES string of the molecule is Cc1ccc(C)c(C(=O)N(CCN(C)C)c2nc3c(C)cccc3s2)c1.Cl. The van der Waals surface area contributed by atoms with Crippen LogP contribution in [0.25, 0.3) is 10.2 Å². The van der Waals surface area contributed by atoms with E-state index in [1.54, 1.807) is 11.3 Å². The first kappa shape index (κ1) is 21.4. The van der Waals surface area contributed by atoms with E-state index in [2.05, 4.69) is 24.0 Å². The fourth-order valence-electron chi connectivity index (χ4n) is 2.89. The van der Waals surface area contributed by atoms with Crippen LogP contribution in [0.3, 0.4) is 0 Å². The number of anilines is 1. The second-order valence-corrected chi connectivity index (χ2v) is 8.01. The third-order valence-electron chi connectivity index (χ3n) is 4.48. The first-order valence-corrected chi connectivity index (χ1v) is 9.58. The second-order valence-electron chi connectivity index (χ2n) is 7.00. The summed E-state index contributed by atoms with van der Waals surface area (Å²) in [5, 5.41) is 0.766. The van der Waals surface area contributed by atoms with Gasteiger partial charge in [0.1, 0.15) is 0 Å². The lowest BCUT2D eigenvalue weighted by Crippen LogP contribution is -2.37. The minimum atomic E-state index is 0. The molecule has 0 fully saturated rings. The molecule has 0 radical (unpaired) electrons. The zero-order chi connectivity index (χ0) is 18.8. The molecule has 0 spiro atoms. The number of benzene rings is 2. The Morgan fingerprint density at radius 1 is 1.04 bits per heavy atom. The third kappa shape index (κ3) is 4.67. The second kappa shape index (κ2) is 8.83. The average molecular weight is 404 g/mol. The number of aromatic nitrogens is 1. The number of hydrogen-bond acceptors (Lipinski definition) is 4. The maximum absolute atomic E-state index is 13.4. The molecule has 27 heavy (non-hydrogen) atoms. The summed E-state index contributed by atoms with van der Waals surface area (Å²) in [6.07, 6.45) is 0. The van der Waals surface area contributed by atoms with Gasteiger partial charge in [-0.3, -0.25) is 9.69 Å². The van der Waals surface area contributed by atoms with Crippen molar-refractivity contribution < 1.29 is 4.79 Å². The molecule has 1 amide bonds. The van der Waals surface area contributed by atoms with Crippen molar-refractivity contribution in [1.29, 1.82) is 0 Å². The highest BCUT2D eigenvalue weighted by Gasteiger charge is 2.23. The largest absolute Gasteiger partial charge is 0.308 e. The van der Waals surface area contributed by atoms with Gasteiger partial charge >= 0.3 is 0 Å². The molecule has 2 aromatic carbocycles. The van der Waals surface area contributed by atoms with Crippen LogP contribution in [-0.4, -0.2) is 43.0 Å². The molecule has 0 atom stereocenters.